The average Bonchev–Trinajstić information content (AvgIpc) is 3.56. The molecular weight excluding hydrogens is 540 g/mol. The van der Waals surface area contributed by atoms with E-state index in [9.17, 15) is 15.3 Å². The van der Waals surface area contributed by atoms with Crippen molar-refractivity contribution in [1.82, 2.24) is 14.3 Å². The van der Waals surface area contributed by atoms with Crippen LogP contribution in [0.2, 0.25) is 5.02 Å². The lowest BCUT2D eigenvalue weighted by atomic mass is 9.84. The fourth-order valence-corrected chi connectivity index (χ4v) is 6.05. The molecule has 2 aromatic heterocycles. The Bertz CT molecular complexity index is 2060. The number of hydrogen-bond acceptors (Lipinski definition) is 6. The zero-order valence-corrected chi connectivity index (χ0v) is 22.4. The van der Waals surface area contributed by atoms with Gasteiger partial charge in [-0.1, -0.05) is 72.3 Å². The van der Waals surface area contributed by atoms with Crippen molar-refractivity contribution in [2.24, 2.45) is 5.73 Å². The Morgan fingerprint density at radius 2 is 1.57 bits per heavy atom. The highest BCUT2D eigenvalue weighted by atomic mass is 35.5. The van der Waals surface area contributed by atoms with Crippen molar-refractivity contribution in [2.75, 3.05) is 0 Å². The number of nitriles is 2. The van der Waals surface area contributed by atoms with Crippen LogP contribution in [0.15, 0.2) is 101 Å². The predicted octanol–water partition coefficient (Wildman–Crippen LogP) is 4.37. The van der Waals surface area contributed by atoms with Crippen molar-refractivity contribution < 1.29 is 0 Å². The normalized spacial score (nSPS) is 15.0. The fourth-order valence-electron chi connectivity index (χ4n) is 4.81. The second kappa shape index (κ2) is 10.2. The zero-order chi connectivity index (χ0) is 27.8. The molecule has 1 aliphatic rings. The molecule has 3 aromatic carbocycles. The summed E-state index contributed by atoms with van der Waals surface area (Å²) in [6, 6.07) is 30.7. The summed E-state index contributed by atoms with van der Waals surface area (Å²) in [4.78, 5) is 13.7. The summed E-state index contributed by atoms with van der Waals surface area (Å²) in [7, 11) is 0. The first-order valence-corrected chi connectivity index (χ1v) is 13.4. The van der Waals surface area contributed by atoms with Gasteiger partial charge in [-0.3, -0.25) is 9.36 Å². The number of para-hydroxylation sites is 1. The quantitative estimate of drug-likeness (QED) is 0.352. The molecule has 0 bridgehead atoms. The first kappa shape index (κ1) is 25.1. The third-order valence-corrected chi connectivity index (χ3v) is 8.05. The Hall–Kier alpha value is -5.15. The van der Waals surface area contributed by atoms with E-state index in [0.717, 1.165) is 28.2 Å². The molecule has 0 saturated carbocycles. The molecule has 0 spiro atoms. The smallest absolute Gasteiger partial charge is 0.274 e. The van der Waals surface area contributed by atoms with Crippen LogP contribution in [0.1, 0.15) is 17.0 Å². The molecule has 6 rings (SSSR count). The molecule has 1 unspecified atom stereocenters. The maximum atomic E-state index is 13.7. The van der Waals surface area contributed by atoms with Crippen LogP contribution in [-0.2, 0) is 0 Å². The average molecular weight is 559 g/mol. The summed E-state index contributed by atoms with van der Waals surface area (Å²) in [6.07, 6.45) is 3.63. The number of benzene rings is 3. The lowest BCUT2D eigenvalue weighted by Gasteiger charge is -2.22. The Labute approximate surface area is 237 Å². The molecule has 3 heterocycles. The number of nitrogens with zero attached hydrogens (tertiary/aromatic N) is 5. The number of thiazole rings is 1. The molecular formula is C31H19ClN6OS. The van der Waals surface area contributed by atoms with Gasteiger partial charge < -0.3 is 5.73 Å². The fraction of sp³-hybridized carbons (Fsp3) is 0.0323. The lowest BCUT2D eigenvalue weighted by molar-refractivity contribution is 0.884. The van der Waals surface area contributed by atoms with Crippen LogP contribution >= 0.6 is 22.9 Å². The molecule has 0 radical (unpaired) electrons. The van der Waals surface area contributed by atoms with Gasteiger partial charge in [-0.2, -0.15) is 15.6 Å². The van der Waals surface area contributed by atoms with Crippen LogP contribution in [0.4, 0.5) is 0 Å². The van der Waals surface area contributed by atoms with Crippen molar-refractivity contribution in [1.29, 1.82) is 10.5 Å². The van der Waals surface area contributed by atoms with E-state index in [-0.39, 0.29) is 17.0 Å². The van der Waals surface area contributed by atoms with Crippen molar-refractivity contribution in [3.05, 3.63) is 132 Å². The molecule has 5 aromatic rings. The van der Waals surface area contributed by atoms with Gasteiger partial charge in [-0.25, -0.2) is 4.68 Å². The molecule has 1 aliphatic heterocycles. The van der Waals surface area contributed by atoms with Crippen LogP contribution < -0.4 is 20.5 Å². The van der Waals surface area contributed by atoms with E-state index in [1.165, 1.54) is 4.57 Å². The summed E-state index contributed by atoms with van der Waals surface area (Å²) in [5.41, 5.74) is 10.3. The molecule has 40 heavy (non-hydrogen) atoms. The van der Waals surface area contributed by atoms with Gasteiger partial charge in [-0.15, -0.1) is 11.3 Å². The number of aromatic nitrogens is 3. The molecule has 2 N–H and O–H groups in total. The van der Waals surface area contributed by atoms with Crippen molar-refractivity contribution in [2.45, 2.75) is 5.92 Å². The molecule has 1 atom stereocenters. The van der Waals surface area contributed by atoms with Crippen molar-refractivity contribution in [3.63, 3.8) is 0 Å². The third kappa shape index (κ3) is 4.22. The summed E-state index contributed by atoms with van der Waals surface area (Å²) in [5.74, 6) is -0.695. The first-order chi connectivity index (χ1) is 19.5. The zero-order valence-electron chi connectivity index (χ0n) is 20.8. The van der Waals surface area contributed by atoms with E-state index in [2.05, 4.69) is 12.1 Å². The molecule has 192 valence electrons. The number of nitrogens with two attached hydrogens (primary N) is 1. The summed E-state index contributed by atoms with van der Waals surface area (Å²) in [6.45, 7) is 0. The van der Waals surface area contributed by atoms with E-state index in [1.54, 1.807) is 35.0 Å². The molecule has 0 fully saturated rings. The second-order valence-electron chi connectivity index (χ2n) is 9.06. The monoisotopic (exact) mass is 558 g/mol. The van der Waals surface area contributed by atoms with Crippen LogP contribution in [0.25, 0.3) is 34.4 Å². The highest BCUT2D eigenvalue weighted by Crippen LogP contribution is 2.36. The van der Waals surface area contributed by atoms with Crippen LogP contribution in [0.5, 0.6) is 0 Å². The largest absolute Gasteiger partial charge is 0.384 e. The van der Waals surface area contributed by atoms with Crippen LogP contribution in [0, 0.1) is 22.7 Å². The minimum atomic E-state index is -0.709. The topological polar surface area (TPSA) is 113 Å². The molecule has 0 aliphatic carbocycles. The van der Waals surface area contributed by atoms with Crippen molar-refractivity contribution >= 4 is 40.4 Å². The Kier molecular flexibility index (Phi) is 6.41. The maximum Gasteiger partial charge on any atom is 0.274 e. The molecule has 7 nitrogen and oxygen atoms in total. The van der Waals surface area contributed by atoms with E-state index in [4.69, 9.17) is 22.4 Å². The van der Waals surface area contributed by atoms with Crippen LogP contribution in [0.3, 0.4) is 0 Å². The Morgan fingerprint density at radius 1 is 0.925 bits per heavy atom. The van der Waals surface area contributed by atoms with Crippen LogP contribution in [-0.4, -0.2) is 14.3 Å². The van der Waals surface area contributed by atoms with E-state index >= 15 is 0 Å². The highest BCUT2D eigenvalue weighted by Gasteiger charge is 2.32. The number of allylic oxidation sites excluding steroid dienone is 1. The molecule has 0 saturated heterocycles. The van der Waals surface area contributed by atoms with Gasteiger partial charge >= 0.3 is 0 Å². The number of fused-ring (bicyclic) bond motifs is 1. The lowest BCUT2D eigenvalue weighted by Crippen LogP contribution is -2.38. The third-order valence-electron chi connectivity index (χ3n) is 6.69. The Morgan fingerprint density at radius 3 is 2.23 bits per heavy atom. The minimum absolute atomic E-state index is 0.0145. The standard InChI is InChI=1S/C31H19ClN6OS/c32-22-13-11-19(12-14-22)27-24(16-33)29(35)38-30(39)26(40-31(38)25(27)17-34)15-21-18-37(23-9-5-2-6-10-23)36-28(21)20-7-3-1-4-8-20/h1-15,18,27H,35H2/b26-15+. The number of halogens is 1. The first-order valence-electron chi connectivity index (χ1n) is 12.2. The second-order valence-corrected chi connectivity index (χ2v) is 10.5. The van der Waals surface area contributed by atoms with Gasteiger partial charge in [0.1, 0.15) is 10.5 Å². The highest BCUT2D eigenvalue weighted by molar-refractivity contribution is 7.07. The minimum Gasteiger partial charge on any atom is -0.384 e. The van der Waals surface area contributed by atoms with Gasteiger partial charge in [0.25, 0.3) is 5.56 Å². The van der Waals surface area contributed by atoms with Crippen molar-refractivity contribution in [3.8, 4) is 29.1 Å². The summed E-state index contributed by atoms with van der Waals surface area (Å²) < 4.78 is 3.80. The van der Waals surface area contributed by atoms with Gasteiger partial charge in [0.15, 0.2) is 0 Å². The SMILES string of the molecule is N#CC1=C(N)n2c(s/c(=C/c3cn(-c4ccccc4)nc3-c3ccccc3)c2=O)=C(C#N)C1c1ccc(Cl)cc1. The summed E-state index contributed by atoms with van der Waals surface area (Å²) >= 11 is 7.24. The number of hydrogen-bond donors (Lipinski definition) is 1. The molecule has 0 amide bonds. The van der Waals surface area contributed by atoms with Gasteiger partial charge in [0.05, 0.1) is 45.1 Å². The van der Waals surface area contributed by atoms with Gasteiger partial charge in [0.2, 0.25) is 0 Å². The van der Waals surface area contributed by atoms with E-state index < -0.39 is 11.5 Å². The van der Waals surface area contributed by atoms with E-state index in [1.807, 2.05) is 66.9 Å². The van der Waals surface area contributed by atoms with E-state index in [0.29, 0.717) is 25.5 Å². The number of rotatable bonds is 4. The molecule has 9 heteroatoms. The maximum absolute atomic E-state index is 13.7. The van der Waals surface area contributed by atoms with Gasteiger partial charge in [-0.05, 0) is 35.9 Å². The predicted molar refractivity (Wildman–Crippen MR) is 157 cm³/mol. The Balaban J connectivity index is 1.61. The summed E-state index contributed by atoms with van der Waals surface area (Å²) in [5, 5.41) is 25.6. The van der Waals surface area contributed by atoms with Gasteiger partial charge in [0, 0.05) is 22.3 Å².